The van der Waals surface area contributed by atoms with Crippen LogP contribution in [0, 0.1) is 5.92 Å². The molecule has 17 heavy (non-hydrogen) atoms. The van der Waals surface area contributed by atoms with Gasteiger partial charge < -0.3 is 5.32 Å². The third kappa shape index (κ3) is 2.07. The van der Waals surface area contributed by atoms with Crippen LogP contribution in [0.2, 0.25) is 0 Å². The van der Waals surface area contributed by atoms with Crippen LogP contribution in [-0.4, -0.2) is 21.0 Å². The highest BCUT2D eigenvalue weighted by atomic mass is 15.0. The second kappa shape index (κ2) is 4.28. The molecule has 4 heteroatoms. The van der Waals surface area contributed by atoms with Crippen molar-refractivity contribution in [2.45, 2.75) is 32.2 Å². The fraction of sp³-hybridized carbons (Fsp3) is 0.462. The molecule has 1 atom stereocenters. The van der Waals surface area contributed by atoms with Crippen LogP contribution in [0.25, 0.3) is 11.2 Å². The SMILES string of the molecule is CC(Nc1ccc2nccnc2n1)C1CCC1. The molecule has 4 nitrogen and oxygen atoms in total. The largest absolute Gasteiger partial charge is 0.367 e. The summed E-state index contributed by atoms with van der Waals surface area (Å²) in [6.45, 7) is 2.23. The number of aromatic nitrogens is 3. The molecule has 88 valence electrons. The highest BCUT2D eigenvalue weighted by Crippen LogP contribution is 2.30. The zero-order valence-corrected chi connectivity index (χ0v) is 9.93. The summed E-state index contributed by atoms with van der Waals surface area (Å²) in [6, 6.07) is 4.43. The Kier molecular flexibility index (Phi) is 2.63. The molecule has 1 aliphatic rings. The van der Waals surface area contributed by atoms with Gasteiger partial charge in [-0.2, -0.15) is 0 Å². The molecular weight excluding hydrogens is 212 g/mol. The number of hydrogen-bond donors (Lipinski definition) is 1. The van der Waals surface area contributed by atoms with Crippen molar-refractivity contribution in [3.05, 3.63) is 24.5 Å². The Bertz CT molecular complexity index is 522. The molecule has 2 heterocycles. The van der Waals surface area contributed by atoms with Gasteiger partial charge in [-0.3, -0.25) is 4.98 Å². The van der Waals surface area contributed by atoms with Gasteiger partial charge in [0.15, 0.2) is 5.65 Å². The molecule has 0 saturated heterocycles. The molecule has 1 unspecified atom stereocenters. The smallest absolute Gasteiger partial charge is 0.180 e. The van der Waals surface area contributed by atoms with Gasteiger partial charge in [-0.25, -0.2) is 9.97 Å². The number of nitrogens with zero attached hydrogens (tertiary/aromatic N) is 3. The zero-order valence-electron chi connectivity index (χ0n) is 9.93. The maximum Gasteiger partial charge on any atom is 0.180 e. The Morgan fingerprint density at radius 3 is 2.82 bits per heavy atom. The lowest BCUT2D eigenvalue weighted by Crippen LogP contribution is -2.31. The molecule has 3 rings (SSSR count). The average molecular weight is 228 g/mol. The van der Waals surface area contributed by atoms with E-state index in [4.69, 9.17) is 0 Å². The molecule has 1 saturated carbocycles. The summed E-state index contributed by atoms with van der Waals surface area (Å²) in [6.07, 6.45) is 7.40. The lowest BCUT2D eigenvalue weighted by molar-refractivity contribution is 0.285. The van der Waals surface area contributed by atoms with Crippen LogP contribution in [-0.2, 0) is 0 Å². The molecule has 0 spiro atoms. The van der Waals surface area contributed by atoms with E-state index in [1.54, 1.807) is 12.4 Å². The second-order valence-corrected chi connectivity index (χ2v) is 4.72. The van der Waals surface area contributed by atoms with Gasteiger partial charge in [0.1, 0.15) is 11.3 Å². The Morgan fingerprint density at radius 1 is 1.24 bits per heavy atom. The summed E-state index contributed by atoms with van der Waals surface area (Å²) in [5.74, 6) is 1.70. The van der Waals surface area contributed by atoms with E-state index in [1.165, 1.54) is 19.3 Å². The maximum atomic E-state index is 4.47. The van der Waals surface area contributed by atoms with E-state index in [9.17, 15) is 0 Å². The predicted octanol–water partition coefficient (Wildman–Crippen LogP) is 2.63. The first kappa shape index (κ1) is 10.4. The quantitative estimate of drug-likeness (QED) is 0.877. The van der Waals surface area contributed by atoms with Crippen molar-refractivity contribution in [2.24, 2.45) is 5.92 Å². The van der Waals surface area contributed by atoms with Crippen molar-refractivity contribution < 1.29 is 0 Å². The maximum absolute atomic E-state index is 4.47. The second-order valence-electron chi connectivity index (χ2n) is 4.72. The number of pyridine rings is 1. The number of rotatable bonds is 3. The minimum atomic E-state index is 0.491. The van der Waals surface area contributed by atoms with E-state index in [1.807, 2.05) is 12.1 Å². The first-order chi connectivity index (χ1) is 8.33. The highest BCUT2D eigenvalue weighted by Gasteiger charge is 2.23. The van der Waals surface area contributed by atoms with E-state index in [-0.39, 0.29) is 0 Å². The molecule has 1 N–H and O–H groups in total. The van der Waals surface area contributed by atoms with E-state index in [2.05, 4.69) is 27.2 Å². The summed E-state index contributed by atoms with van der Waals surface area (Å²) >= 11 is 0. The molecule has 0 bridgehead atoms. The van der Waals surface area contributed by atoms with Crippen molar-refractivity contribution in [2.75, 3.05) is 5.32 Å². The van der Waals surface area contributed by atoms with E-state index < -0.39 is 0 Å². The summed E-state index contributed by atoms with van der Waals surface area (Å²) in [4.78, 5) is 12.9. The topological polar surface area (TPSA) is 50.7 Å². The lowest BCUT2D eigenvalue weighted by atomic mass is 9.80. The first-order valence-electron chi connectivity index (χ1n) is 6.17. The van der Waals surface area contributed by atoms with Crippen LogP contribution in [0.5, 0.6) is 0 Å². The molecule has 0 aliphatic heterocycles. The van der Waals surface area contributed by atoms with Gasteiger partial charge in [0.25, 0.3) is 0 Å². The summed E-state index contributed by atoms with van der Waals surface area (Å²) < 4.78 is 0. The van der Waals surface area contributed by atoms with Crippen LogP contribution in [0.4, 0.5) is 5.82 Å². The molecule has 2 aromatic heterocycles. The van der Waals surface area contributed by atoms with Gasteiger partial charge in [-0.05, 0) is 37.8 Å². The van der Waals surface area contributed by atoms with Crippen LogP contribution >= 0.6 is 0 Å². The van der Waals surface area contributed by atoms with Gasteiger partial charge in [0.05, 0.1) is 0 Å². The van der Waals surface area contributed by atoms with Gasteiger partial charge in [-0.1, -0.05) is 6.42 Å². The Hall–Kier alpha value is -1.71. The molecule has 0 amide bonds. The third-order valence-electron chi connectivity index (χ3n) is 3.56. The fourth-order valence-electron chi connectivity index (χ4n) is 2.23. The standard InChI is InChI=1S/C13H16N4/c1-9(10-3-2-4-10)16-12-6-5-11-13(17-12)15-8-7-14-11/h5-10H,2-4H2,1H3,(H,15,16,17). The van der Waals surface area contributed by atoms with Crippen molar-refractivity contribution in [1.29, 1.82) is 0 Å². The van der Waals surface area contributed by atoms with E-state index in [0.717, 1.165) is 17.3 Å². The van der Waals surface area contributed by atoms with E-state index in [0.29, 0.717) is 11.7 Å². The zero-order chi connectivity index (χ0) is 11.7. The Balaban J connectivity index is 1.80. The molecule has 0 aromatic carbocycles. The highest BCUT2D eigenvalue weighted by molar-refractivity contribution is 5.71. The van der Waals surface area contributed by atoms with Crippen molar-refractivity contribution in [1.82, 2.24) is 15.0 Å². The van der Waals surface area contributed by atoms with Crippen LogP contribution in [0.3, 0.4) is 0 Å². The van der Waals surface area contributed by atoms with Crippen molar-refractivity contribution >= 4 is 17.0 Å². The number of hydrogen-bond acceptors (Lipinski definition) is 4. The number of fused-ring (bicyclic) bond motifs is 1. The van der Waals surface area contributed by atoms with Crippen LogP contribution in [0.1, 0.15) is 26.2 Å². The lowest BCUT2D eigenvalue weighted by Gasteiger charge is -2.32. The van der Waals surface area contributed by atoms with Crippen LogP contribution < -0.4 is 5.32 Å². The third-order valence-corrected chi connectivity index (χ3v) is 3.56. The Morgan fingerprint density at radius 2 is 2.06 bits per heavy atom. The van der Waals surface area contributed by atoms with Gasteiger partial charge in [0.2, 0.25) is 0 Å². The van der Waals surface area contributed by atoms with Crippen LogP contribution in [0.15, 0.2) is 24.5 Å². The monoisotopic (exact) mass is 228 g/mol. The molecule has 1 aliphatic carbocycles. The van der Waals surface area contributed by atoms with Gasteiger partial charge in [0, 0.05) is 18.4 Å². The normalized spacial score (nSPS) is 17.7. The fourth-order valence-corrected chi connectivity index (χ4v) is 2.23. The summed E-state index contributed by atoms with van der Waals surface area (Å²) in [5.41, 5.74) is 1.55. The number of nitrogens with one attached hydrogen (secondary N) is 1. The molecule has 2 aromatic rings. The molecule has 1 fully saturated rings. The molecular formula is C13H16N4. The number of anilines is 1. The minimum absolute atomic E-state index is 0.491. The van der Waals surface area contributed by atoms with Crippen molar-refractivity contribution in [3.8, 4) is 0 Å². The minimum Gasteiger partial charge on any atom is -0.367 e. The van der Waals surface area contributed by atoms with Gasteiger partial charge in [-0.15, -0.1) is 0 Å². The molecule has 0 radical (unpaired) electrons. The van der Waals surface area contributed by atoms with Crippen molar-refractivity contribution in [3.63, 3.8) is 0 Å². The summed E-state index contributed by atoms with van der Waals surface area (Å²) in [5, 5.41) is 3.46. The first-order valence-corrected chi connectivity index (χ1v) is 6.17. The Labute approximate surface area is 101 Å². The van der Waals surface area contributed by atoms with E-state index >= 15 is 0 Å². The summed E-state index contributed by atoms with van der Waals surface area (Å²) in [7, 11) is 0. The predicted molar refractivity (Wildman–Crippen MR) is 67.8 cm³/mol. The van der Waals surface area contributed by atoms with Gasteiger partial charge >= 0.3 is 0 Å². The average Bonchev–Trinajstić information content (AvgIpc) is 2.26.